The number of benzene rings is 2. The Morgan fingerprint density at radius 1 is 0.941 bits per heavy atom. The van der Waals surface area contributed by atoms with Crippen LogP contribution in [-0.4, -0.2) is 41.8 Å². The lowest BCUT2D eigenvalue weighted by atomic mass is 9.86. The molecular formula is C27H34N2O5. The van der Waals surface area contributed by atoms with E-state index in [1.807, 2.05) is 50.2 Å². The molecule has 7 nitrogen and oxygen atoms in total. The van der Waals surface area contributed by atoms with Crippen LogP contribution in [0.2, 0.25) is 0 Å². The van der Waals surface area contributed by atoms with Crippen LogP contribution in [0, 0.1) is 11.3 Å². The highest BCUT2D eigenvalue weighted by molar-refractivity contribution is 5.89. The van der Waals surface area contributed by atoms with Crippen LogP contribution in [-0.2, 0) is 14.3 Å². The van der Waals surface area contributed by atoms with Crippen molar-refractivity contribution in [2.45, 2.75) is 59.0 Å². The Morgan fingerprint density at radius 2 is 1.47 bits per heavy atom. The summed E-state index contributed by atoms with van der Waals surface area (Å²) in [5.74, 6) is -1.65. The molecule has 1 aliphatic rings. The van der Waals surface area contributed by atoms with Crippen molar-refractivity contribution in [1.29, 1.82) is 0 Å². The van der Waals surface area contributed by atoms with Gasteiger partial charge in [0.05, 0.1) is 0 Å². The second-order valence-corrected chi connectivity index (χ2v) is 10.3. The predicted octanol–water partition coefficient (Wildman–Crippen LogP) is 4.56. The van der Waals surface area contributed by atoms with Crippen molar-refractivity contribution in [2.75, 3.05) is 6.61 Å². The van der Waals surface area contributed by atoms with Crippen LogP contribution >= 0.6 is 0 Å². The summed E-state index contributed by atoms with van der Waals surface area (Å²) in [6, 6.07) is 14.1. The van der Waals surface area contributed by atoms with Crippen LogP contribution in [0.1, 0.15) is 58.1 Å². The number of carboxylic acid groups (broad SMARTS) is 1. The van der Waals surface area contributed by atoms with Crippen molar-refractivity contribution >= 4 is 18.0 Å². The summed E-state index contributed by atoms with van der Waals surface area (Å²) < 4.78 is 5.58. The number of fused-ring (bicyclic) bond motifs is 3. The maximum absolute atomic E-state index is 12.9. The fourth-order valence-corrected chi connectivity index (χ4v) is 4.38. The van der Waals surface area contributed by atoms with E-state index in [1.165, 1.54) is 0 Å². The summed E-state index contributed by atoms with van der Waals surface area (Å²) in [7, 11) is 0. The highest BCUT2D eigenvalue weighted by atomic mass is 16.5. The van der Waals surface area contributed by atoms with Gasteiger partial charge in [0.1, 0.15) is 18.7 Å². The first-order chi connectivity index (χ1) is 16.0. The molecule has 2 atom stereocenters. The monoisotopic (exact) mass is 466 g/mol. The number of carbonyl (C=O) groups excluding carboxylic acids is 2. The number of hydrogen-bond donors (Lipinski definition) is 3. The van der Waals surface area contributed by atoms with Crippen molar-refractivity contribution in [2.24, 2.45) is 11.3 Å². The summed E-state index contributed by atoms with van der Waals surface area (Å²) in [5, 5.41) is 14.8. The minimum atomic E-state index is -1.12. The van der Waals surface area contributed by atoms with E-state index in [1.54, 1.807) is 20.8 Å². The van der Waals surface area contributed by atoms with Crippen molar-refractivity contribution in [3.63, 3.8) is 0 Å². The van der Waals surface area contributed by atoms with Gasteiger partial charge in [-0.2, -0.15) is 0 Å². The summed E-state index contributed by atoms with van der Waals surface area (Å²) in [6.07, 6.45) is -0.350. The summed E-state index contributed by atoms with van der Waals surface area (Å²) in [6.45, 7) is 9.21. The number of carbonyl (C=O) groups is 3. The molecule has 0 heterocycles. The Balaban J connectivity index is 1.69. The van der Waals surface area contributed by atoms with Gasteiger partial charge in [-0.1, -0.05) is 83.1 Å². The largest absolute Gasteiger partial charge is 0.480 e. The lowest BCUT2D eigenvalue weighted by molar-refractivity contribution is -0.145. The molecule has 2 aromatic carbocycles. The molecule has 7 heteroatoms. The molecule has 1 aliphatic carbocycles. The van der Waals surface area contributed by atoms with Crippen LogP contribution < -0.4 is 10.6 Å². The van der Waals surface area contributed by atoms with Crippen molar-refractivity contribution in [3.8, 4) is 11.1 Å². The maximum Gasteiger partial charge on any atom is 0.407 e. The van der Waals surface area contributed by atoms with Gasteiger partial charge in [-0.15, -0.1) is 0 Å². The van der Waals surface area contributed by atoms with Crippen molar-refractivity contribution in [1.82, 2.24) is 10.6 Å². The van der Waals surface area contributed by atoms with Gasteiger partial charge in [0.2, 0.25) is 5.91 Å². The van der Waals surface area contributed by atoms with E-state index in [0.29, 0.717) is 6.42 Å². The number of ether oxygens (including phenoxy) is 1. The lowest BCUT2D eigenvalue weighted by Crippen LogP contribution is -2.55. The van der Waals surface area contributed by atoms with Gasteiger partial charge < -0.3 is 20.5 Å². The van der Waals surface area contributed by atoms with Crippen molar-refractivity contribution in [3.05, 3.63) is 59.7 Å². The Hall–Kier alpha value is -3.35. The van der Waals surface area contributed by atoms with E-state index in [9.17, 15) is 19.5 Å². The molecule has 0 saturated heterocycles. The molecule has 3 rings (SSSR count). The Morgan fingerprint density at radius 3 is 1.94 bits per heavy atom. The molecule has 34 heavy (non-hydrogen) atoms. The van der Waals surface area contributed by atoms with Crippen LogP contribution in [0.5, 0.6) is 0 Å². The molecule has 2 aromatic rings. The SMILES string of the molecule is CC(C)C[C@H](NC(=O)OCC1c2ccccc2-c2ccccc21)C(=O)NC(C(=O)O)C(C)(C)C. The molecule has 0 radical (unpaired) electrons. The second-order valence-electron chi connectivity index (χ2n) is 10.3. The van der Waals surface area contributed by atoms with Crippen LogP contribution in [0.25, 0.3) is 11.1 Å². The molecular weight excluding hydrogens is 432 g/mol. The molecule has 0 saturated carbocycles. The Kier molecular flexibility index (Phi) is 7.64. The third kappa shape index (κ3) is 5.76. The van der Waals surface area contributed by atoms with E-state index in [0.717, 1.165) is 22.3 Å². The van der Waals surface area contributed by atoms with Gasteiger partial charge in [-0.25, -0.2) is 9.59 Å². The number of rotatable bonds is 8. The molecule has 0 fully saturated rings. The number of carboxylic acids is 1. The molecule has 3 N–H and O–H groups in total. The first kappa shape index (κ1) is 25.3. The van der Waals surface area contributed by atoms with E-state index in [2.05, 4.69) is 22.8 Å². The molecule has 0 aromatic heterocycles. The quantitative estimate of drug-likeness (QED) is 0.529. The van der Waals surface area contributed by atoms with Crippen molar-refractivity contribution < 1.29 is 24.2 Å². The van der Waals surface area contributed by atoms with Crippen LogP contribution in [0.15, 0.2) is 48.5 Å². The van der Waals surface area contributed by atoms with E-state index < -0.39 is 35.5 Å². The minimum absolute atomic E-state index is 0.0900. The highest BCUT2D eigenvalue weighted by Crippen LogP contribution is 2.44. The van der Waals surface area contributed by atoms with E-state index in [-0.39, 0.29) is 18.4 Å². The number of hydrogen-bond acceptors (Lipinski definition) is 4. The fourth-order valence-electron chi connectivity index (χ4n) is 4.38. The first-order valence-electron chi connectivity index (χ1n) is 11.6. The average Bonchev–Trinajstić information content (AvgIpc) is 3.08. The second kappa shape index (κ2) is 10.3. The molecule has 1 unspecified atom stereocenters. The predicted molar refractivity (Wildman–Crippen MR) is 130 cm³/mol. The standard InChI is InChI=1S/C27H34N2O5/c1-16(2)14-22(24(30)29-23(25(31)32)27(3,4)5)28-26(33)34-15-21-19-12-8-6-10-17(19)18-11-7-9-13-20(18)21/h6-13,16,21-23H,14-15H2,1-5H3,(H,28,33)(H,29,30)(H,31,32)/t22-,23?/m0/s1. The highest BCUT2D eigenvalue weighted by Gasteiger charge is 2.35. The number of alkyl carbamates (subject to hydrolysis) is 1. The van der Waals surface area contributed by atoms with Crippen LogP contribution in [0.4, 0.5) is 4.79 Å². The third-order valence-corrected chi connectivity index (χ3v) is 6.06. The zero-order valence-corrected chi connectivity index (χ0v) is 20.4. The smallest absolute Gasteiger partial charge is 0.407 e. The zero-order chi connectivity index (χ0) is 25.0. The Bertz CT molecular complexity index is 1010. The first-order valence-corrected chi connectivity index (χ1v) is 11.6. The van der Waals surface area contributed by atoms with Gasteiger partial charge in [0.25, 0.3) is 0 Å². The number of nitrogens with one attached hydrogen (secondary N) is 2. The van der Waals surface area contributed by atoms with Gasteiger partial charge in [0, 0.05) is 5.92 Å². The van der Waals surface area contributed by atoms with Gasteiger partial charge in [-0.3, -0.25) is 4.79 Å². The van der Waals surface area contributed by atoms with E-state index in [4.69, 9.17) is 4.74 Å². The number of aliphatic carboxylic acids is 1. The fraction of sp³-hybridized carbons (Fsp3) is 0.444. The third-order valence-electron chi connectivity index (χ3n) is 6.06. The Labute approximate surface area is 200 Å². The topological polar surface area (TPSA) is 105 Å². The van der Waals surface area contributed by atoms with Gasteiger partial charge in [-0.05, 0) is 40.0 Å². The molecule has 0 bridgehead atoms. The average molecular weight is 467 g/mol. The lowest BCUT2D eigenvalue weighted by Gasteiger charge is -2.30. The minimum Gasteiger partial charge on any atom is -0.480 e. The molecule has 182 valence electrons. The summed E-state index contributed by atoms with van der Waals surface area (Å²) in [5.41, 5.74) is 3.77. The van der Waals surface area contributed by atoms with Gasteiger partial charge >= 0.3 is 12.1 Å². The summed E-state index contributed by atoms with van der Waals surface area (Å²) in [4.78, 5) is 37.3. The zero-order valence-electron chi connectivity index (χ0n) is 20.4. The van der Waals surface area contributed by atoms with E-state index >= 15 is 0 Å². The van der Waals surface area contributed by atoms with Gasteiger partial charge in [0.15, 0.2) is 0 Å². The van der Waals surface area contributed by atoms with Crippen LogP contribution in [0.3, 0.4) is 0 Å². The molecule has 2 amide bonds. The molecule has 0 spiro atoms. The molecule has 0 aliphatic heterocycles. The maximum atomic E-state index is 12.9. The number of amides is 2. The normalized spacial score (nSPS) is 14.6. The summed E-state index contributed by atoms with van der Waals surface area (Å²) >= 11 is 0.